The van der Waals surface area contributed by atoms with Gasteiger partial charge in [-0.05, 0) is 30.4 Å². The van der Waals surface area contributed by atoms with Crippen LogP contribution in [0.25, 0.3) is 0 Å². The summed E-state index contributed by atoms with van der Waals surface area (Å²) in [5.41, 5.74) is 3.68. The van der Waals surface area contributed by atoms with Crippen LogP contribution in [0.2, 0.25) is 0 Å². The molecule has 1 aromatic rings. The summed E-state index contributed by atoms with van der Waals surface area (Å²) < 4.78 is 36.2. The first-order chi connectivity index (χ1) is 7.91. The molecule has 0 aromatic heterocycles. The number of fused-ring (bicyclic) bond motifs is 1. The molecule has 0 fully saturated rings. The molecule has 1 aromatic carbocycles. The Balaban J connectivity index is 2.02. The van der Waals surface area contributed by atoms with Crippen LogP contribution in [0, 0.1) is 0 Å². The normalized spacial score (nSPS) is 23.8. The summed E-state index contributed by atoms with van der Waals surface area (Å²) in [6, 6.07) is 7.76. The lowest BCUT2D eigenvalue weighted by Gasteiger charge is -2.25. The molecule has 2 N–H and O–H groups in total. The molecular formula is C12H14F3NS. The summed E-state index contributed by atoms with van der Waals surface area (Å²) in [4.78, 5) is 0. The Morgan fingerprint density at radius 3 is 2.71 bits per heavy atom. The van der Waals surface area contributed by atoms with Crippen LogP contribution < -0.4 is 5.73 Å². The number of hydrogen-bond acceptors (Lipinski definition) is 2. The summed E-state index contributed by atoms with van der Waals surface area (Å²) >= 11 is 0.0136. The minimum Gasteiger partial charge on any atom is -0.321 e. The molecule has 94 valence electrons. The monoisotopic (exact) mass is 261 g/mol. The van der Waals surface area contributed by atoms with Crippen molar-refractivity contribution in [3.8, 4) is 0 Å². The summed E-state index contributed by atoms with van der Waals surface area (Å²) in [6.07, 6.45) is 1.97. The fourth-order valence-corrected chi connectivity index (χ4v) is 3.02. The molecule has 1 atom stereocenters. The SMILES string of the molecule is NC1(CCSC(F)(F)F)CCc2ccccc21. The van der Waals surface area contributed by atoms with Crippen molar-refractivity contribution >= 4 is 11.8 Å². The van der Waals surface area contributed by atoms with Crippen molar-refractivity contribution in [3.05, 3.63) is 35.4 Å². The van der Waals surface area contributed by atoms with Gasteiger partial charge in [0.2, 0.25) is 0 Å². The van der Waals surface area contributed by atoms with Gasteiger partial charge in [0, 0.05) is 11.3 Å². The van der Waals surface area contributed by atoms with E-state index in [1.54, 1.807) is 0 Å². The number of benzene rings is 1. The van der Waals surface area contributed by atoms with E-state index in [0.29, 0.717) is 6.42 Å². The van der Waals surface area contributed by atoms with E-state index in [0.717, 1.165) is 18.4 Å². The largest absolute Gasteiger partial charge is 0.441 e. The maximum Gasteiger partial charge on any atom is 0.441 e. The minimum atomic E-state index is -4.16. The first-order valence-electron chi connectivity index (χ1n) is 5.49. The number of hydrogen-bond donors (Lipinski definition) is 1. The maximum atomic E-state index is 12.1. The van der Waals surface area contributed by atoms with Gasteiger partial charge in [-0.15, -0.1) is 0 Å². The average molecular weight is 261 g/mol. The summed E-state index contributed by atoms with van der Waals surface area (Å²) in [7, 11) is 0. The zero-order valence-corrected chi connectivity index (χ0v) is 10.1. The van der Waals surface area contributed by atoms with Crippen LogP contribution in [-0.2, 0) is 12.0 Å². The molecule has 0 saturated carbocycles. The van der Waals surface area contributed by atoms with Crippen molar-refractivity contribution in [2.45, 2.75) is 30.3 Å². The molecule has 2 rings (SSSR count). The second kappa shape index (κ2) is 4.53. The van der Waals surface area contributed by atoms with E-state index in [-0.39, 0.29) is 17.5 Å². The van der Waals surface area contributed by atoms with E-state index in [1.807, 2.05) is 24.3 Å². The van der Waals surface area contributed by atoms with Gasteiger partial charge in [-0.25, -0.2) is 0 Å². The fourth-order valence-electron chi connectivity index (χ4n) is 2.32. The van der Waals surface area contributed by atoms with E-state index in [1.165, 1.54) is 5.56 Å². The van der Waals surface area contributed by atoms with Crippen molar-refractivity contribution in [2.24, 2.45) is 5.73 Å². The van der Waals surface area contributed by atoms with Gasteiger partial charge in [0.15, 0.2) is 0 Å². The highest BCUT2D eigenvalue weighted by Gasteiger charge is 2.36. The van der Waals surface area contributed by atoms with Gasteiger partial charge in [0.05, 0.1) is 0 Å². The van der Waals surface area contributed by atoms with Crippen LogP contribution in [-0.4, -0.2) is 11.3 Å². The number of nitrogens with two attached hydrogens (primary N) is 1. The number of alkyl halides is 3. The van der Waals surface area contributed by atoms with E-state index < -0.39 is 11.0 Å². The lowest BCUT2D eigenvalue weighted by Crippen LogP contribution is -2.35. The van der Waals surface area contributed by atoms with E-state index >= 15 is 0 Å². The first-order valence-corrected chi connectivity index (χ1v) is 6.47. The van der Waals surface area contributed by atoms with Crippen molar-refractivity contribution < 1.29 is 13.2 Å². The number of halogens is 3. The molecule has 0 bridgehead atoms. The van der Waals surface area contributed by atoms with Gasteiger partial charge in [-0.3, -0.25) is 0 Å². The van der Waals surface area contributed by atoms with Gasteiger partial charge < -0.3 is 5.73 Å². The van der Waals surface area contributed by atoms with E-state index in [9.17, 15) is 13.2 Å². The lowest BCUT2D eigenvalue weighted by atomic mass is 9.90. The Morgan fingerprint density at radius 1 is 1.29 bits per heavy atom. The van der Waals surface area contributed by atoms with Gasteiger partial charge in [-0.1, -0.05) is 36.0 Å². The third-order valence-corrected chi connectivity index (χ3v) is 3.94. The molecular weight excluding hydrogens is 247 g/mol. The lowest BCUT2D eigenvalue weighted by molar-refractivity contribution is -0.0328. The molecule has 1 aliphatic carbocycles. The van der Waals surface area contributed by atoms with Gasteiger partial charge in [0.1, 0.15) is 0 Å². The molecule has 17 heavy (non-hydrogen) atoms. The number of thioether (sulfide) groups is 1. The highest BCUT2D eigenvalue weighted by Crippen LogP contribution is 2.40. The van der Waals surface area contributed by atoms with Gasteiger partial charge in [0.25, 0.3) is 0 Å². The highest BCUT2D eigenvalue weighted by molar-refractivity contribution is 8.00. The van der Waals surface area contributed by atoms with Crippen LogP contribution in [0.3, 0.4) is 0 Å². The molecule has 1 aliphatic rings. The molecule has 0 spiro atoms. The van der Waals surface area contributed by atoms with Gasteiger partial charge >= 0.3 is 5.51 Å². The number of aryl methyl sites for hydroxylation is 1. The highest BCUT2D eigenvalue weighted by atomic mass is 32.2. The second-order valence-electron chi connectivity index (χ2n) is 4.36. The molecule has 0 aliphatic heterocycles. The zero-order chi connectivity index (χ0) is 12.5. The van der Waals surface area contributed by atoms with E-state index in [4.69, 9.17) is 5.73 Å². The third-order valence-electron chi connectivity index (χ3n) is 3.21. The Labute approximate surface area is 103 Å². The minimum absolute atomic E-state index is 0.0136. The smallest absolute Gasteiger partial charge is 0.321 e. The van der Waals surface area contributed by atoms with Crippen molar-refractivity contribution in [1.29, 1.82) is 0 Å². The molecule has 5 heteroatoms. The second-order valence-corrected chi connectivity index (χ2v) is 5.52. The summed E-state index contributed by atoms with van der Waals surface area (Å²) in [6.45, 7) is 0. The first kappa shape index (κ1) is 12.8. The third kappa shape index (κ3) is 2.96. The predicted molar refractivity (Wildman–Crippen MR) is 63.8 cm³/mol. The topological polar surface area (TPSA) is 26.0 Å². The Kier molecular flexibility index (Phi) is 3.41. The number of rotatable bonds is 3. The summed E-state index contributed by atoms with van der Waals surface area (Å²) in [5, 5.41) is 0. The maximum absolute atomic E-state index is 12.1. The van der Waals surface area contributed by atoms with Crippen molar-refractivity contribution in [1.82, 2.24) is 0 Å². The molecule has 1 unspecified atom stereocenters. The van der Waals surface area contributed by atoms with Crippen LogP contribution in [0.4, 0.5) is 13.2 Å². The quantitative estimate of drug-likeness (QED) is 0.902. The Bertz CT molecular complexity index is 405. The Morgan fingerprint density at radius 2 is 2.00 bits per heavy atom. The van der Waals surface area contributed by atoms with Crippen molar-refractivity contribution in [2.75, 3.05) is 5.75 Å². The van der Waals surface area contributed by atoms with Gasteiger partial charge in [-0.2, -0.15) is 13.2 Å². The van der Waals surface area contributed by atoms with Crippen LogP contribution >= 0.6 is 11.8 Å². The fraction of sp³-hybridized carbons (Fsp3) is 0.500. The predicted octanol–water partition coefficient (Wildman–Crippen LogP) is 3.43. The van der Waals surface area contributed by atoms with Crippen LogP contribution in [0.15, 0.2) is 24.3 Å². The standard InChI is InChI=1S/C12H14F3NS/c13-12(14,15)17-8-7-11(16)6-5-9-3-1-2-4-10(9)11/h1-4H,5-8,16H2. The molecule has 0 amide bonds. The Hall–Kier alpha value is -0.680. The molecule has 0 saturated heterocycles. The summed E-state index contributed by atoms with van der Waals surface area (Å²) in [5.74, 6) is 0.0222. The molecule has 0 heterocycles. The molecule has 1 nitrogen and oxygen atoms in total. The van der Waals surface area contributed by atoms with Crippen LogP contribution in [0.5, 0.6) is 0 Å². The average Bonchev–Trinajstić information content (AvgIpc) is 2.56. The van der Waals surface area contributed by atoms with E-state index in [2.05, 4.69) is 0 Å². The van der Waals surface area contributed by atoms with Crippen LogP contribution in [0.1, 0.15) is 24.0 Å². The zero-order valence-electron chi connectivity index (χ0n) is 9.26. The van der Waals surface area contributed by atoms with Crippen molar-refractivity contribution in [3.63, 3.8) is 0 Å². The molecule has 0 radical (unpaired) electrons.